The highest BCUT2D eigenvalue weighted by atomic mass is 19.1. The summed E-state index contributed by atoms with van der Waals surface area (Å²) >= 11 is 0. The lowest BCUT2D eigenvalue weighted by Crippen LogP contribution is -2.64. The Bertz CT molecular complexity index is 543. The average Bonchev–Trinajstić information content (AvgIpc) is 2.34. The number of halogens is 1. The van der Waals surface area contributed by atoms with Crippen LogP contribution >= 0.6 is 0 Å². The number of benzene rings is 1. The largest absolute Gasteiger partial charge is 0.346 e. The molecule has 2 rings (SSSR count). The highest BCUT2D eigenvalue weighted by Crippen LogP contribution is 2.29. The van der Waals surface area contributed by atoms with E-state index in [-0.39, 0.29) is 18.8 Å². The van der Waals surface area contributed by atoms with E-state index < -0.39 is 23.2 Å². The first-order valence-electron chi connectivity index (χ1n) is 5.96. The second-order valence-electron chi connectivity index (χ2n) is 5.01. The first-order valence-corrected chi connectivity index (χ1v) is 5.96. The van der Waals surface area contributed by atoms with Gasteiger partial charge in [-0.2, -0.15) is 0 Å². The van der Waals surface area contributed by atoms with Gasteiger partial charge in [-0.15, -0.1) is 0 Å². The summed E-state index contributed by atoms with van der Waals surface area (Å²) in [5.74, 6) is -1.36. The zero-order valence-corrected chi connectivity index (χ0v) is 10.9. The molecule has 0 spiro atoms. The van der Waals surface area contributed by atoms with Crippen LogP contribution in [-0.4, -0.2) is 23.9 Å². The molecule has 19 heavy (non-hydrogen) atoms. The number of anilines is 1. The van der Waals surface area contributed by atoms with Gasteiger partial charge in [0.15, 0.2) is 0 Å². The molecule has 0 aromatic heterocycles. The van der Waals surface area contributed by atoms with Crippen molar-refractivity contribution >= 4 is 17.5 Å². The number of amides is 2. The monoisotopic (exact) mass is 265 g/mol. The highest BCUT2D eigenvalue weighted by Gasteiger charge is 2.41. The van der Waals surface area contributed by atoms with Crippen LogP contribution in [0.4, 0.5) is 10.1 Å². The zero-order valence-electron chi connectivity index (χ0n) is 10.9. The Morgan fingerprint density at radius 1 is 1.42 bits per heavy atom. The molecule has 1 saturated heterocycles. The van der Waals surface area contributed by atoms with Gasteiger partial charge < -0.3 is 10.6 Å². The van der Waals surface area contributed by atoms with Gasteiger partial charge in [0, 0.05) is 6.54 Å². The molecule has 5 nitrogen and oxygen atoms in total. The maximum atomic E-state index is 14.1. The summed E-state index contributed by atoms with van der Waals surface area (Å²) in [6, 6.07) is 4.55. The van der Waals surface area contributed by atoms with Gasteiger partial charge in [0.25, 0.3) is 5.91 Å². The fraction of sp³-hybridized carbons (Fsp3) is 0.385. The van der Waals surface area contributed by atoms with E-state index >= 15 is 0 Å². The third-order valence-corrected chi connectivity index (χ3v) is 3.32. The number of hydrogen-bond donors (Lipinski definition) is 2. The molecule has 2 amide bonds. The summed E-state index contributed by atoms with van der Waals surface area (Å²) in [5, 5.41) is 2.25. The lowest BCUT2D eigenvalue weighted by molar-refractivity contribution is -0.135. The fourth-order valence-electron chi connectivity index (χ4n) is 2.07. The number of piperazine rings is 1. The van der Waals surface area contributed by atoms with Gasteiger partial charge in [0.05, 0.1) is 12.2 Å². The van der Waals surface area contributed by atoms with Crippen LogP contribution in [0.25, 0.3) is 0 Å². The Morgan fingerprint density at radius 2 is 2.11 bits per heavy atom. The molecule has 1 aliphatic rings. The minimum Gasteiger partial charge on any atom is -0.346 e. The first-order chi connectivity index (χ1) is 8.86. The van der Waals surface area contributed by atoms with E-state index in [2.05, 4.69) is 5.32 Å². The Morgan fingerprint density at radius 3 is 2.68 bits per heavy atom. The minimum absolute atomic E-state index is 0.0579. The number of nitrogens with two attached hydrogens (primary N) is 1. The summed E-state index contributed by atoms with van der Waals surface area (Å²) < 4.78 is 14.1. The van der Waals surface area contributed by atoms with Gasteiger partial charge >= 0.3 is 0 Å². The van der Waals surface area contributed by atoms with Gasteiger partial charge in [-0.1, -0.05) is 6.07 Å². The van der Waals surface area contributed by atoms with E-state index in [1.807, 2.05) is 0 Å². The predicted octanol–water partition coefficient (Wildman–Crippen LogP) is 0.526. The third kappa shape index (κ3) is 2.31. The Kier molecular flexibility index (Phi) is 3.28. The van der Waals surface area contributed by atoms with Crippen LogP contribution in [0.5, 0.6) is 0 Å². The number of rotatable bonds is 2. The lowest BCUT2D eigenvalue weighted by atomic mass is 9.97. The SMILES string of the molecule is CC1(C)C(=O)NC(=O)CN1c1ccc(CN)cc1F. The molecular formula is C13H16FN3O2. The minimum atomic E-state index is -0.987. The van der Waals surface area contributed by atoms with Crippen LogP contribution in [0.1, 0.15) is 19.4 Å². The van der Waals surface area contributed by atoms with Gasteiger partial charge in [-0.3, -0.25) is 14.9 Å². The molecule has 0 atom stereocenters. The smallest absolute Gasteiger partial charge is 0.251 e. The van der Waals surface area contributed by atoms with Crippen LogP contribution in [0, 0.1) is 5.82 Å². The summed E-state index contributed by atoms with van der Waals surface area (Å²) in [4.78, 5) is 24.8. The highest BCUT2D eigenvalue weighted by molar-refractivity contribution is 6.06. The first kappa shape index (κ1) is 13.5. The molecule has 3 N–H and O–H groups in total. The molecule has 0 radical (unpaired) electrons. The van der Waals surface area contributed by atoms with Crippen LogP contribution in [0.2, 0.25) is 0 Å². The van der Waals surface area contributed by atoms with Gasteiger partial charge in [0.1, 0.15) is 11.4 Å². The van der Waals surface area contributed by atoms with Crippen molar-refractivity contribution in [2.24, 2.45) is 5.73 Å². The quantitative estimate of drug-likeness (QED) is 0.765. The standard InChI is InChI=1S/C13H16FN3O2/c1-13(2)12(19)16-11(18)7-17(13)10-4-3-8(6-15)5-9(10)14/h3-5H,6-7,15H2,1-2H3,(H,16,18,19). The number of carbonyl (C=O) groups excluding carboxylic acids is 2. The van der Waals surface area contributed by atoms with Crippen molar-refractivity contribution in [1.82, 2.24) is 5.32 Å². The van der Waals surface area contributed by atoms with E-state index in [9.17, 15) is 14.0 Å². The van der Waals surface area contributed by atoms with Crippen molar-refractivity contribution in [3.8, 4) is 0 Å². The Hall–Kier alpha value is -1.95. The summed E-state index contributed by atoms with van der Waals surface area (Å²) in [6.07, 6.45) is 0. The van der Waals surface area contributed by atoms with Gasteiger partial charge in [-0.25, -0.2) is 4.39 Å². The second-order valence-corrected chi connectivity index (χ2v) is 5.01. The number of hydrogen-bond acceptors (Lipinski definition) is 4. The van der Waals surface area contributed by atoms with Crippen LogP contribution < -0.4 is 16.0 Å². The van der Waals surface area contributed by atoms with E-state index in [0.717, 1.165) is 0 Å². The molecular weight excluding hydrogens is 249 g/mol. The Balaban J connectivity index is 2.44. The zero-order chi connectivity index (χ0) is 14.2. The molecule has 0 saturated carbocycles. The average molecular weight is 265 g/mol. The topological polar surface area (TPSA) is 75.4 Å². The molecule has 1 aromatic rings. The van der Waals surface area contributed by atoms with Crippen molar-refractivity contribution in [3.05, 3.63) is 29.6 Å². The van der Waals surface area contributed by atoms with Crippen molar-refractivity contribution in [1.29, 1.82) is 0 Å². The molecule has 1 heterocycles. The molecule has 102 valence electrons. The summed E-state index contributed by atoms with van der Waals surface area (Å²) in [7, 11) is 0. The van der Waals surface area contributed by atoms with E-state index in [1.54, 1.807) is 26.0 Å². The summed E-state index contributed by atoms with van der Waals surface area (Å²) in [6.45, 7) is 3.47. The molecule has 0 aliphatic carbocycles. The third-order valence-electron chi connectivity index (χ3n) is 3.32. The number of nitrogens with one attached hydrogen (secondary N) is 1. The van der Waals surface area contributed by atoms with Crippen LogP contribution in [0.15, 0.2) is 18.2 Å². The van der Waals surface area contributed by atoms with Crippen molar-refractivity contribution in [3.63, 3.8) is 0 Å². The van der Waals surface area contributed by atoms with Crippen LogP contribution in [0.3, 0.4) is 0 Å². The number of carbonyl (C=O) groups is 2. The van der Waals surface area contributed by atoms with E-state index in [1.165, 1.54) is 11.0 Å². The van der Waals surface area contributed by atoms with Crippen LogP contribution in [-0.2, 0) is 16.1 Å². The fourth-order valence-corrected chi connectivity index (χ4v) is 2.07. The maximum absolute atomic E-state index is 14.1. The lowest BCUT2D eigenvalue weighted by Gasteiger charge is -2.41. The Labute approximate surface area is 110 Å². The molecule has 0 unspecified atom stereocenters. The van der Waals surface area contributed by atoms with Crippen molar-refractivity contribution < 1.29 is 14.0 Å². The molecule has 1 aliphatic heterocycles. The summed E-state index contributed by atoms with van der Waals surface area (Å²) in [5.41, 5.74) is 5.35. The second kappa shape index (κ2) is 4.62. The normalized spacial score (nSPS) is 18.4. The molecule has 1 aromatic carbocycles. The predicted molar refractivity (Wildman–Crippen MR) is 68.9 cm³/mol. The van der Waals surface area contributed by atoms with E-state index in [4.69, 9.17) is 5.73 Å². The maximum Gasteiger partial charge on any atom is 0.251 e. The van der Waals surface area contributed by atoms with Crippen molar-refractivity contribution in [2.75, 3.05) is 11.4 Å². The molecule has 1 fully saturated rings. The molecule has 0 bridgehead atoms. The number of nitrogens with zero attached hydrogens (tertiary/aromatic N) is 1. The van der Waals surface area contributed by atoms with E-state index in [0.29, 0.717) is 5.56 Å². The van der Waals surface area contributed by atoms with Gasteiger partial charge in [0.2, 0.25) is 5.91 Å². The van der Waals surface area contributed by atoms with Gasteiger partial charge in [-0.05, 0) is 31.5 Å². The van der Waals surface area contributed by atoms with Crippen molar-refractivity contribution in [2.45, 2.75) is 25.9 Å². The molecule has 6 heteroatoms. The number of imide groups is 1.